The first-order chi connectivity index (χ1) is 10.7. The second kappa shape index (κ2) is 7.42. The van der Waals surface area contributed by atoms with E-state index in [0.29, 0.717) is 5.41 Å². The number of hydrogen-bond donors (Lipinski definition) is 0. The summed E-state index contributed by atoms with van der Waals surface area (Å²) >= 11 is 1.44. The van der Waals surface area contributed by atoms with E-state index in [-0.39, 0.29) is 5.60 Å². The molecule has 1 heterocycles. The predicted octanol–water partition coefficient (Wildman–Crippen LogP) is 4.12. The fourth-order valence-corrected chi connectivity index (χ4v) is 4.99. The average Bonchev–Trinajstić information content (AvgIpc) is 2.56. The van der Waals surface area contributed by atoms with Gasteiger partial charge < -0.3 is 13.8 Å². The van der Waals surface area contributed by atoms with Crippen molar-refractivity contribution in [3.05, 3.63) is 0 Å². The fourth-order valence-electron chi connectivity index (χ4n) is 4.75. The molecule has 0 aromatic rings. The first kappa shape index (κ1) is 17.1. The number of fused-ring (bicyclic) bond motifs is 3. The Labute approximate surface area is 140 Å². The van der Waals surface area contributed by atoms with Crippen LogP contribution in [0.3, 0.4) is 0 Å². The lowest BCUT2D eigenvalue weighted by Crippen LogP contribution is -2.52. The van der Waals surface area contributed by atoms with E-state index in [9.17, 15) is 0 Å². The monoisotopic (exact) mass is 327 g/mol. The van der Waals surface area contributed by atoms with Gasteiger partial charge in [-0.15, -0.1) is 0 Å². The molecule has 4 aliphatic rings. The normalized spacial score (nSPS) is 36.8. The number of hydrogen-bond acceptors (Lipinski definition) is 4. The van der Waals surface area contributed by atoms with Gasteiger partial charge in [-0.05, 0) is 87.8 Å². The van der Waals surface area contributed by atoms with E-state index >= 15 is 0 Å². The number of ether oxygens (including phenoxy) is 1. The summed E-state index contributed by atoms with van der Waals surface area (Å²) in [6, 6.07) is 0. The van der Waals surface area contributed by atoms with Gasteiger partial charge in [0.25, 0.3) is 0 Å². The number of rotatable bonds is 7. The summed E-state index contributed by atoms with van der Waals surface area (Å²) in [4.78, 5) is 2.76. The minimum atomic E-state index is 0.194. The molecule has 0 radical (unpaired) electrons. The molecule has 0 atom stereocenters. The average molecular weight is 328 g/mol. The summed E-state index contributed by atoms with van der Waals surface area (Å²) in [7, 11) is 0. The van der Waals surface area contributed by atoms with Gasteiger partial charge in [0.1, 0.15) is 0 Å². The van der Waals surface area contributed by atoms with Crippen molar-refractivity contribution in [3.63, 3.8) is 0 Å². The van der Waals surface area contributed by atoms with Crippen LogP contribution >= 0.6 is 12.0 Å². The molecule has 4 fully saturated rings. The third kappa shape index (κ3) is 4.00. The maximum absolute atomic E-state index is 6.26. The van der Waals surface area contributed by atoms with Gasteiger partial charge in [0.15, 0.2) is 0 Å². The molecule has 0 unspecified atom stereocenters. The van der Waals surface area contributed by atoms with Gasteiger partial charge >= 0.3 is 0 Å². The highest BCUT2D eigenvalue weighted by atomic mass is 32.2. The van der Waals surface area contributed by atoms with Crippen molar-refractivity contribution in [2.24, 2.45) is 11.3 Å². The molecule has 4 heteroatoms. The van der Waals surface area contributed by atoms with Crippen molar-refractivity contribution in [1.82, 2.24) is 4.90 Å². The largest absolute Gasteiger partial charge is 0.373 e. The molecule has 4 rings (SSSR count). The summed E-state index contributed by atoms with van der Waals surface area (Å²) in [5.41, 5.74) is 0.807. The van der Waals surface area contributed by atoms with E-state index < -0.39 is 0 Å². The lowest BCUT2D eigenvalue weighted by Gasteiger charge is -2.54. The molecule has 2 bridgehead atoms. The third-order valence-corrected chi connectivity index (χ3v) is 6.86. The smallest absolute Gasteiger partial charge is 0.0848 e. The van der Waals surface area contributed by atoms with E-state index in [1.807, 2.05) is 6.26 Å². The molecule has 1 aliphatic heterocycles. The van der Waals surface area contributed by atoms with Crippen molar-refractivity contribution >= 4 is 12.0 Å². The van der Waals surface area contributed by atoms with Crippen molar-refractivity contribution in [3.8, 4) is 0 Å². The minimum absolute atomic E-state index is 0.194. The fraction of sp³-hybridized carbons (Fsp3) is 1.00. The number of likely N-dealkylation sites (tertiary alicyclic amines) is 1. The SMILES string of the molecule is CSOCCOC12CCC(CN3CCC(C)CC3)(CC1)CC2. The molecule has 1 saturated heterocycles. The first-order valence-electron chi connectivity index (χ1n) is 9.17. The summed E-state index contributed by atoms with van der Waals surface area (Å²) in [5.74, 6) is 0.941. The summed E-state index contributed by atoms with van der Waals surface area (Å²) in [6.45, 7) is 7.90. The predicted molar refractivity (Wildman–Crippen MR) is 93.1 cm³/mol. The Kier molecular flexibility index (Phi) is 5.75. The van der Waals surface area contributed by atoms with Gasteiger partial charge in [-0.2, -0.15) is 0 Å². The molecule has 3 nitrogen and oxygen atoms in total. The minimum Gasteiger partial charge on any atom is -0.373 e. The molecule has 0 aromatic carbocycles. The van der Waals surface area contributed by atoms with Gasteiger partial charge in [0, 0.05) is 12.8 Å². The molecular formula is C18H33NO2S. The molecule has 128 valence electrons. The Balaban J connectivity index is 1.45. The van der Waals surface area contributed by atoms with Crippen molar-refractivity contribution in [2.45, 2.75) is 63.9 Å². The van der Waals surface area contributed by atoms with E-state index in [1.165, 1.54) is 83.0 Å². The van der Waals surface area contributed by atoms with Crippen LogP contribution in [0, 0.1) is 11.3 Å². The van der Waals surface area contributed by atoms with Crippen LogP contribution in [-0.2, 0) is 8.92 Å². The van der Waals surface area contributed by atoms with E-state index in [0.717, 1.165) is 19.1 Å². The van der Waals surface area contributed by atoms with Gasteiger partial charge in [0.2, 0.25) is 0 Å². The standard InChI is InChI=1S/C18H33NO2S/c1-16-3-11-19(12-4-16)15-17-5-8-18(9-6-17,10-7-17)20-13-14-21-22-2/h16H,3-15H2,1-2H3. The maximum Gasteiger partial charge on any atom is 0.0848 e. The van der Waals surface area contributed by atoms with Crippen LogP contribution in [0.15, 0.2) is 0 Å². The summed E-state index contributed by atoms with van der Waals surface area (Å²) < 4.78 is 11.6. The summed E-state index contributed by atoms with van der Waals surface area (Å²) in [5, 5.41) is 0. The highest BCUT2D eigenvalue weighted by Crippen LogP contribution is 2.54. The van der Waals surface area contributed by atoms with Crippen LogP contribution in [0.4, 0.5) is 0 Å². The van der Waals surface area contributed by atoms with Crippen molar-refractivity contribution in [2.75, 3.05) is 39.1 Å². The highest BCUT2D eigenvalue weighted by Gasteiger charge is 2.49. The molecule has 0 N–H and O–H groups in total. The van der Waals surface area contributed by atoms with Crippen LogP contribution in [0.2, 0.25) is 0 Å². The zero-order chi connectivity index (χ0) is 15.5. The topological polar surface area (TPSA) is 21.7 Å². The quantitative estimate of drug-likeness (QED) is 0.518. The Hall–Kier alpha value is 0.230. The zero-order valence-electron chi connectivity index (χ0n) is 14.4. The molecular weight excluding hydrogens is 294 g/mol. The molecule has 3 saturated carbocycles. The van der Waals surface area contributed by atoms with E-state index in [2.05, 4.69) is 11.8 Å². The lowest BCUT2D eigenvalue weighted by atomic mass is 9.58. The Morgan fingerprint density at radius 1 is 1.00 bits per heavy atom. The van der Waals surface area contributed by atoms with E-state index in [1.54, 1.807) is 0 Å². The number of piperidine rings is 1. The van der Waals surface area contributed by atoms with Gasteiger partial charge in [0.05, 0.1) is 18.8 Å². The second-order valence-electron chi connectivity index (χ2n) is 7.98. The van der Waals surface area contributed by atoms with Gasteiger partial charge in [-0.3, -0.25) is 0 Å². The highest BCUT2D eigenvalue weighted by molar-refractivity contribution is 7.93. The first-order valence-corrected chi connectivity index (χ1v) is 10.3. The van der Waals surface area contributed by atoms with Crippen LogP contribution in [0.25, 0.3) is 0 Å². The number of nitrogens with zero attached hydrogens (tertiary/aromatic N) is 1. The molecule has 0 spiro atoms. The zero-order valence-corrected chi connectivity index (χ0v) is 15.3. The van der Waals surface area contributed by atoms with Crippen LogP contribution in [0.1, 0.15) is 58.3 Å². The van der Waals surface area contributed by atoms with Crippen LogP contribution < -0.4 is 0 Å². The van der Waals surface area contributed by atoms with Crippen molar-refractivity contribution < 1.29 is 8.92 Å². The molecule has 0 amide bonds. The van der Waals surface area contributed by atoms with Gasteiger partial charge in [-0.1, -0.05) is 6.92 Å². The van der Waals surface area contributed by atoms with Crippen molar-refractivity contribution in [1.29, 1.82) is 0 Å². The van der Waals surface area contributed by atoms with Crippen LogP contribution in [0.5, 0.6) is 0 Å². The van der Waals surface area contributed by atoms with Gasteiger partial charge in [-0.25, -0.2) is 0 Å². The second-order valence-corrected chi connectivity index (χ2v) is 8.55. The van der Waals surface area contributed by atoms with E-state index in [4.69, 9.17) is 8.92 Å². The molecule has 3 aliphatic carbocycles. The third-order valence-electron chi connectivity index (χ3n) is 6.46. The molecule has 22 heavy (non-hydrogen) atoms. The Morgan fingerprint density at radius 3 is 2.23 bits per heavy atom. The lowest BCUT2D eigenvalue weighted by molar-refractivity contribution is -0.145. The Bertz CT molecular complexity index is 330. The van der Waals surface area contributed by atoms with Crippen LogP contribution in [-0.4, -0.2) is 49.6 Å². The molecule has 0 aromatic heterocycles. The summed E-state index contributed by atoms with van der Waals surface area (Å²) in [6.07, 6.45) is 12.7. The Morgan fingerprint density at radius 2 is 1.64 bits per heavy atom. The maximum atomic E-state index is 6.26.